The Balaban J connectivity index is 1.46. The minimum Gasteiger partial charge on any atom is -0.447 e. The monoisotopic (exact) mass is 292 g/mol. The molecule has 6 nitrogen and oxygen atoms in total. The summed E-state index contributed by atoms with van der Waals surface area (Å²) >= 11 is 0. The standard InChI is InChI=1S/C15H20N2O4/c18-10-7-11(19)15(10)3-5-17(6-4-15)14(20)12-13(9-1-2-9)21-8-16-12/h8-11,18-19H,1-7H2/t10-,11+. The van der Waals surface area contributed by atoms with Crippen LogP contribution in [-0.4, -0.2) is 51.3 Å². The van der Waals surface area contributed by atoms with E-state index in [0.29, 0.717) is 44.0 Å². The molecule has 2 atom stereocenters. The van der Waals surface area contributed by atoms with Crippen molar-refractivity contribution in [2.75, 3.05) is 13.1 Å². The molecule has 1 saturated heterocycles. The van der Waals surface area contributed by atoms with Gasteiger partial charge in [0.1, 0.15) is 5.76 Å². The highest BCUT2D eigenvalue weighted by Gasteiger charge is 2.55. The number of aromatic nitrogens is 1. The van der Waals surface area contributed by atoms with Crippen molar-refractivity contribution >= 4 is 5.91 Å². The first-order valence-corrected chi connectivity index (χ1v) is 7.70. The molecule has 1 aromatic heterocycles. The first-order chi connectivity index (χ1) is 10.1. The van der Waals surface area contributed by atoms with Gasteiger partial charge >= 0.3 is 0 Å². The first kappa shape index (κ1) is 13.3. The Morgan fingerprint density at radius 1 is 1.29 bits per heavy atom. The van der Waals surface area contributed by atoms with Crippen LogP contribution in [0.15, 0.2) is 10.8 Å². The molecule has 2 aliphatic carbocycles. The quantitative estimate of drug-likeness (QED) is 0.845. The zero-order valence-corrected chi connectivity index (χ0v) is 11.9. The number of aliphatic hydroxyl groups is 2. The molecule has 2 heterocycles. The predicted octanol–water partition coefficient (Wildman–Crippen LogP) is 0.900. The van der Waals surface area contributed by atoms with E-state index in [1.165, 1.54) is 6.39 Å². The maximum Gasteiger partial charge on any atom is 0.276 e. The van der Waals surface area contributed by atoms with Crippen LogP contribution in [0, 0.1) is 5.41 Å². The number of carbonyl (C=O) groups excluding carboxylic acids is 1. The summed E-state index contributed by atoms with van der Waals surface area (Å²) in [6.07, 6.45) is 4.38. The van der Waals surface area contributed by atoms with Gasteiger partial charge in [-0.05, 0) is 25.7 Å². The smallest absolute Gasteiger partial charge is 0.276 e. The number of piperidine rings is 1. The normalized spacial score (nSPS) is 31.2. The molecule has 0 aromatic carbocycles. The van der Waals surface area contributed by atoms with E-state index in [-0.39, 0.29) is 11.3 Å². The van der Waals surface area contributed by atoms with Crippen molar-refractivity contribution in [3.63, 3.8) is 0 Å². The van der Waals surface area contributed by atoms with Gasteiger partial charge in [0.05, 0.1) is 12.2 Å². The van der Waals surface area contributed by atoms with Crippen LogP contribution in [0.5, 0.6) is 0 Å². The van der Waals surface area contributed by atoms with Crippen LogP contribution in [-0.2, 0) is 0 Å². The van der Waals surface area contributed by atoms with Crippen molar-refractivity contribution in [3.05, 3.63) is 17.8 Å². The zero-order chi connectivity index (χ0) is 14.6. The minimum absolute atomic E-state index is 0.0798. The van der Waals surface area contributed by atoms with E-state index in [9.17, 15) is 15.0 Å². The maximum atomic E-state index is 12.6. The van der Waals surface area contributed by atoms with Crippen LogP contribution in [0.4, 0.5) is 0 Å². The van der Waals surface area contributed by atoms with Gasteiger partial charge in [-0.3, -0.25) is 4.79 Å². The van der Waals surface area contributed by atoms with Gasteiger partial charge in [-0.15, -0.1) is 0 Å². The number of amides is 1. The second-order valence-electron chi connectivity index (χ2n) is 6.63. The summed E-state index contributed by atoms with van der Waals surface area (Å²) in [7, 11) is 0. The summed E-state index contributed by atoms with van der Waals surface area (Å²) < 4.78 is 5.37. The van der Waals surface area contributed by atoms with E-state index in [1.54, 1.807) is 4.90 Å². The average Bonchev–Trinajstić information content (AvgIpc) is 3.24. The second-order valence-corrected chi connectivity index (χ2v) is 6.63. The molecule has 6 heteroatoms. The highest BCUT2D eigenvalue weighted by Crippen LogP contribution is 2.49. The summed E-state index contributed by atoms with van der Waals surface area (Å²) in [6.45, 7) is 1.12. The zero-order valence-electron chi connectivity index (χ0n) is 11.9. The second kappa shape index (κ2) is 4.55. The SMILES string of the molecule is O=C(c1ncoc1C1CC1)N1CCC2(CC1)[C@H](O)C[C@@H]2O. The highest BCUT2D eigenvalue weighted by molar-refractivity contribution is 5.93. The van der Waals surface area contributed by atoms with Crippen molar-refractivity contribution in [1.82, 2.24) is 9.88 Å². The van der Waals surface area contributed by atoms with E-state index < -0.39 is 12.2 Å². The lowest BCUT2D eigenvalue weighted by atomic mass is 9.58. The van der Waals surface area contributed by atoms with Crippen LogP contribution in [0.2, 0.25) is 0 Å². The highest BCUT2D eigenvalue weighted by atomic mass is 16.3. The Bertz CT molecular complexity index is 548. The van der Waals surface area contributed by atoms with Crippen LogP contribution in [0.3, 0.4) is 0 Å². The van der Waals surface area contributed by atoms with Crippen molar-refractivity contribution in [2.24, 2.45) is 5.41 Å². The summed E-state index contributed by atoms with van der Waals surface area (Å²) in [5.74, 6) is 1.01. The third-order valence-electron chi connectivity index (χ3n) is 5.50. The summed E-state index contributed by atoms with van der Waals surface area (Å²) in [5.41, 5.74) is 0.0584. The Hall–Kier alpha value is -1.40. The van der Waals surface area contributed by atoms with Crippen molar-refractivity contribution in [1.29, 1.82) is 0 Å². The maximum absolute atomic E-state index is 12.6. The van der Waals surface area contributed by atoms with E-state index in [1.807, 2.05) is 0 Å². The van der Waals surface area contributed by atoms with Crippen molar-refractivity contribution < 1.29 is 19.4 Å². The summed E-state index contributed by atoms with van der Waals surface area (Å²) in [5, 5.41) is 19.9. The van der Waals surface area contributed by atoms with Crippen LogP contribution >= 0.6 is 0 Å². The lowest BCUT2D eigenvalue weighted by Crippen LogP contribution is -2.61. The number of nitrogens with zero attached hydrogens (tertiary/aromatic N) is 2. The number of carbonyl (C=O) groups is 1. The number of likely N-dealkylation sites (tertiary alicyclic amines) is 1. The number of oxazole rings is 1. The Morgan fingerprint density at radius 3 is 2.52 bits per heavy atom. The number of aliphatic hydroxyl groups excluding tert-OH is 2. The molecule has 114 valence electrons. The largest absolute Gasteiger partial charge is 0.447 e. The van der Waals surface area contributed by atoms with Crippen LogP contribution < -0.4 is 0 Å². The Morgan fingerprint density at radius 2 is 1.95 bits per heavy atom. The van der Waals surface area contributed by atoms with Crippen molar-refractivity contribution in [2.45, 2.75) is 50.2 Å². The molecule has 1 amide bonds. The lowest BCUT2D eigenvalue weighted by Gasteiger charge is -2.54. The van der Waals surface area contributed by atoms with E-state index in [2.05, 4.69) is 4.98 Å². The van der Waals surface area contributed by atoms with Gasteiger partial charge < -0.3 is 19.5 Å². The molecule has 2 N–H and O–H groups in total. The van der Waals surface area contributed by atoms with Crippen molar-refractivity contribution in [3.8, 4) is 0 Å². The molecule has 4 rings (SSSR count). The number of hydrogen-bond donors (Lipinski definition) is 2. The third kappa shape index (κ3) is 1.92. The lowest BCUT2D eigenvalue weighted by molar-refractivity contribution is -0.187. The topological polar surface area (TPSA) is 86.8 Å². The van der Waals surface area contributed by atoms with Gasteiger partial charge in [0.2, 0.25) is 0 Å². The fraction of sp³-hybridized carbons (Fsp3) is 0.733. The first-order valence-electron chi connectivity index (χ1n) is 7.70. The number of hydrogen-bond acceptors (Lipinski definition) is 5. The van der Waals surface area contributed by atoms with E-state index >= 15 is 0 Å². The molecule has 2 saturated carbocycles. The van der Waals surface area contributed by atoms with Gasteiger partial charge in [0.15, 0.2) is 12.1 Å². The third-order valence-corrected chi connectivity index (χ3v) is 5.50. The van der Waals surface area contributed by atoms with Gasteiger partial charge in [0.25, 0.3) is 5.91 Å². The molecular formula is C15H20N2O4. The molecule has 0 unspecified atom stereocenters. The van der Waals surface area contributed by atoms with Gasteiger partial charge in [0, 0.05) is 30.8 Å². The molecule has 1 spiro atoms. The minimum atomic E-state index is -0.432. The molecule has 0 bridgehead atoms. The Labute approximate surface area is 122 Å². The van der Waals surface area contributed by atoms with Gasteiger partial charge in [-0.2, -0.15) is 0 Å². The predicted molar refractivity (Wildman–Crippen MR) is 72.7 cm³/mol. The van der Waals surface area contributed by atoms with Gasteiger partial charge in [-0.25, -0.2) is 4.98 Å². The number of rotatable bonds is 2. The van der Waals surface area contributed by atoms with Crippen LogP contribution in [0.25, 0.3) is 0 Å². The molecule has 1 aliphatic heterocycles. The fourth-order valence-corrected chi connectivity index (χ4v) is 3.74. The van der Waals surface area contributed by atoms with Gasteiger partial charge in [-0.1, -0.05) is 0 Å². The molecular weight excluding hydrogens is 272 g/mol. The molecule has 3 aliphatic rings. The van der Waals surface area contributed by atoms with E-state index in [4.69, 9.17) is 4.42 Å². The average molecular weight is 292 g/mol. The molecule has 3 fully saturated rings. The van der Waals surface area contributed by atoms with Crippen LogP contribution in [0.1, 0.15) is 54.3 Å². The van der Waals surface area contributed by atoms with E-state index in [0.717, 1.165) is 18.6 Å². The summed E-state index contributed by atoms with van der Waals surface area (Å²) in [6, 6.07) is 0. The Kier molecular flexibility index (Phi) is 2.87. The molecule has 1 aromatic rings. The molecule has 0 radical (unpaired) electrons. The molecule has 21 heavy (non-hydrogen) atoms. The summed E-state index contributed by atoms with van der Waals surface area (Å²) in [4.78, 5) is 18.4. The fourth-order valence-electron chi connectivity index (χ4n) is 3.74.